The molecule has 0 aliphatic heterocycles. The fourth-order valence-electron chi connectivity index (χ4n) is 10.2. The predicted molar refractivity (Wildman–Crippen MR) is 173 cm³/mol. The molecule has 0 saturated heterocycles. The Morgan fingerprint density at radius 1 is 0.511 bits per heavy atom. The molecule has 5 heteroatoms. The number of rotatable bonds is 8. The van der Waals surface area contributed by atoms with Crippen molar-refractivity contribution in [3.05, 3.63) is 69.8 Å². The van der Waals surface area contributed by atoms with Crippen LogP contribution in [0.1, 0.15) is 152 Å². The van der Waals surface area contributed by atoms with E-state index in [9.17, 15) is 0 Å². The maximum Gasteiger partial charge on any atom is 0.164 e. The van der Waals surface area contributed by atoms with Crippen LogP contribution in [0.4, 0.5) is 17.6 Å². The molecule has 4 fully saturated rings. The van der Waals surface area contributed by atoms with E-state index in [2.05, 4.69) is 13.8 Å². The second kappa shape index (κ2) is 14.1. The second-order valence-electron chi connectivity index (χ2n) is 15.6. The van der Waals surface area contributed by atoms with Gasteiger partial charge in [-0.3, -0.25) is 0 Å². The van der Waals surface area contributed by atoms with Crippen LogP contribution in [0, 0.1) is 46.9 Å². The maximum absolute atomic E-state index is 15.9. The van der Waals surface area contributed by atoms with Crippen molar-refractivity contribution in [1.29, 1.82) is 0 Å². The molecule has 45 heavy (non-hydrogen) atoms. The summed E-state index contributed by atoms with van der Waals surface area (Å²) in [5, 5.41) is 0. The van der Waals surface area contributed by atoms with E-state index in [1.54, 1.807) is 24.3 Å². The summed E-state index contributed by atoms with van der Waals surface area (Å²) in [6, 6.07) is 6.91. The summed E-state index contributed by atoms with van der Waals surface area (Å²) in [5.74, 6) is -1.02. The van der Waals surface area contributed by atoms with Crippen molar-refractivity contribution >= 4 is 0 Å². The Bertz CT molecular complexity index is 1190. The Morgan fingerprint density at radius 2 is 0.867 bits per heavy atom. The average molecular weight is 627 g/mol. The van der Waals surface area contributed by atoms with Crippen LogP contribution in [0.25, 0.3) is 0 Å². The number of hydrogen-bond acceptors (Lipinski definition) is 1. The van der Waals surface area contributed by atoms with Gasteiger partial charge in [0.05, 0.1) is 13.2 Å². The molecule has 0 aromatic heterocycles. The van der Waals surface area contributed by atoms with Gasteiger partial charge in [-0.2, -0.15) is 0 Å². The summed E-state index contributed by atoms with van der Waals surface area (Å²) >= 11 is 0. The van der Waals surface area contributed by atoms with Gasteiger partial charge in [-0.25, -0.2) is 17.6 Å². The highest BCUT2D eigenvalue weighted by Gasteiger charge is 2.46. The Morgan fingerprint density at radius 3 is 1.22 bits per heavy atom. The summed E-state index contributed by atoms with van der Waals surface area (Å²) in [5.41, 5.74) is 0.744. The van der Waals surface area contributed by atoms with Gasteiger partial charge in [-0.15, -0.1) is 0 Å². The van der Waals surface area contributed by atoms with Crippen LogP contribution in [-0.2, 0) is 28.8 Å². The minimum atomic E-state index is -0.857. The highest BCUT2D eigenvalue weighted by atomic mass is 19.2. The maximum atomic E-state index is 15.9. The van der Waals surface area contributed by atoms with Crippen LogP contribution < -0.4 is 0 Å². The summed E-state index contributed by atoms with van der Waals surface area (Å²) < 4.78 is 68.7. The molecule has 2 aromatic carbocycles. The molecule has 248 valence electrons. The lowest BCUT2D eigenvalue weighted by molar-refractivity contribution is 0.0999. The molecule has 0 spiro atoms. The Hall–Kier alpha value is -1.88. The molecule has 4 aliphatic carbocycles. The van der Waals surface area contributed by atoms with E-state index in [1.807, 2.05) is 0 Å². The van der Waals surface area contributed by atoms with E-state index in [1.165, 1.54) is 0 Å². The van der Waals surface area contributed by atoms with E-state index in [-0.39, 0.29) is 35.2 Å². The fraction of sp³-hybridized carbons (Fsp3) is 0.700. The van der Waals surface area contributed by atoms with Crippen LogP contribution in [0.3, 0.4) is 0 Å². The molecule has 2 aromatic rings. The average Bonchev–Trinajstić information content (AvgIpc) is 3.06. The Labute approximate surface area is 268 Å². The zero-order chi connectivity index (χ0) is 31.6. The minimum absolute atomic E-state index is 0.129. The first kappa shape index (κ1) is 33.0. The molecule has 0 amide bonds. The quantitative estimate of drug-likeness (QED) is 0.265. The van der Waals surface area contributed by atoms with Crippen molar-refractivity contribution in [1.82, 2.24) is 0 Å². The van der Waals surface area contributed by atoms with Gasteiger partial charge >= 0.3 is 0 Å². The molecule has 4 aliphatic rings. The summed E-state index contributed by atoms with van der Waals surface area (Å²) in [6.07, 6.45) is 19.1. The molecule has 0 heterocycles. The molecule has 0 radical (unpaired) electrons. The van der Waals surface area contributed by atoms with E-state index in [4.69, 9.17) is 4.74 Å². The van der Waals surface area contributed by atoms with Crippen molar-refractivity contribution < 1.29 is 22.3 Å². The zero-order valence-electron chi connectivity index (χ0n) is 27.7. The van der Waals surface area contributed by atoms with E-state index in [0.29, 0.717) is 34.8 Å². The first-order chi connectivity index (χ1) is 21.7. The van der Waals surface area contributed by atoms with Crippen molar-refractivity contribution in [2.24, 2.45) is 23.7 Å². The standard InChI is InChI=1S/C40H54F4O/c1-27-9-15-31(16-10-27)39(21-5-3-6-22-39)33-19-13-29(35(41)37(33)43)25-45-26-30-14-20-34(38(44)36(30)42)40(23-7-4-8-24-40)32-17-11-28(2)12-18-32/h13-14,19-20,27-28,31-32H,3-12,15-18,21-26H2,1-2H3. The number of benzene rings is 2. The molecule has 6 rings (SSSR count). The molecule has 0 bridgehead atoms. The second-order valence-corrected chi connectivity index (χ2v) is 15.6. The lowest BCUT2D eigenvalue weighted by atomic mass is 9.57. The lowest BCUT2D eigenvalue weighted by Crippen LogP contribution is -2.40. The highest BCUT2D eigenvalue weighted by Crippen LogP contribution is 2.53. The molecule has 0 N–H and O–H groups in total. The summed E-state index contributed by atoms with van der Waals surface area (Å²) in [6.45, 7) is 4.20. The van der Waals surface area contributed by atoms with Crippen LogP contribution in [0.15, 0.2) is 24.3 Å². The first-order valence-corrected chi connectivity index (χ1v) is 18.3. The Kier molecular flexibility index (Phi) is 10.3. The third-order valence-electron chi connectivity index (χ3n) is 13.0. The topological polar surface area (TPSA) is 9.23 Å². The van der Waals surface area contributed by atoms with Gasteiger partial charge in [0.15, 0.2) is 23.3 Å². The SMILES string of the molecule is CC1CCC(C2(c3ccc(COCc4ccc(C5(C6CCC(C)CC6)CCCCC5)c(F)c4F)c(F)c3F)CCCCC2)CC1. The van der Waals surface area contributed by atoms with Gasteiger partial charge < -0.3 is 4.74 Å². The number of halogens is 4. The minimum Gasteiger partial charge on any atom is -0.372 e. The van der Waals surface area contributed by atoms with Crippen LogP contribution >= 0.6 is 0 Å². The molecule has 1 nitrogen and oxygen atoms in total. The Balaban J connectivity index is 1.17. The van der Waals surface area contributed by atoms with Crippen molar-refractivity contribution in [3.8, 4) is 0 Å². The van der Waals surface area contributed by atoms with E-state index >= 15 is 17.6 Å². The molecule has 0 atom stereocenters. The molecule has 0 unspecified atom stereocenters. The van der Waals surface area contributed by atoms with Crippen molar-refractivity contribution in [2.45, 2.75) is 153 Å². The van der Waals surface area contributed by atoms with E-state index < -0.39 is 23.3 Å². The monoisotopic (exact) mass is 626 g/mol. The lowest BCUT2D eigenvalue weighted by Gasteiger charge is -2.47. The summed E-state index contributed by atoms with van der Waals surface area (Å²) in [4.78, 5) is 0. The van der Waals surface area contributed by atoms with Gasteiger partial charge in [0.1, 0.15) is 0 Å². The van der Waals surface area contributed by atoms with Gasteiger partial charge in [0, 0.05) is 22.0 Å². The smallest absolute Gasteiger partial charge is 0.164 e. The number of ether oxygens (including phenoxy) is 1. The first-order valence-electron chi connectivity index (χ1n) is 18.3. The summed E-state index contributed by atoms with van der Waals surface area (Å²) in [7, 11) is 0. The predicted octanol–water partition coefficient (Wildman–Crippen LogP) is 12.0. The van der Waals surface area contributed by atoms with Crippen molar-refractivity contribution in [3.63, 3.8) is 0 Å². The fourth-order valence-corrected chi connectivity index (χ4v) is 10.2. The largest absolute Gasteiger partial charge is 0.372 e. The molecular weight excluding hydrogens is 572 g/mol. The highest BCUT2D eigenvalue weighted by molar-refractivity contribution is 5.35. The normalized spacial score (nSPS) is 28.6. The van der Waals surface area contributed by atoms with Crippen LogP contribution in [0.5, 0.6) is 0 Å². The van der Waals surface area contributed by atoms with Gasteiger partial charge in [0.25, 0.3) is 0 Å². The third kappa shape index (κ3) is 6.50. The van der Waals surface area contributed by atoms with Crippen LogP contribution in [0.2, 0.25) is 0 Å². The number of hydrogen-bond donors (Lipinski definition) is 0. The van der Waals surface area contributed by atoms with Gasteiger partial charge in [0.2, 0.25) is 0 Å². The zero-order valence-corrected chi connectivity index (χ0v) is 27.7. The molecule has 4 saturated carbocycles. The van der Waals surface area contributed by atoms with Crippen molar-refractivity contribution in [2.75, 3.05) is 0 Å². The molecular formula is C40H54F4O. The van der Waals surface area contributed by atoms with Gasteiger partial charge in [-0.1, -0.05) is 102 Å². The van der Waals surface area contributed by atoms with E-state index in [0.717, 1.165) is 116 Å². The van der Waals surface area contributed by atoms with Gasteiger partial charge in [-0.05, 0) is 86.2 Å². The third-order valence-corrected chi connectivity index (χ3v) is 13.0. The van der Waals surface area contributed by atoms with Crippen LogP contribution in [-0.4, -0.2) is 0 Å².